The molecule has 4 nitrogen and oxygen atoms in total. The molecule has 0 unspecified atom stereocenters. The molecule has 1 rings (SSSR count). The van der Waals surface area contributed by atoms with Gasteiger partial charge in [0.25, 0.3) is 0 Å². The number of halogens is 1. The van der Waals surface area contributed by atoms with Crippen LogP contribution < -0.4 is 0 Å². The fourth-order valence-electron chi connectivity index (χ4n) is 1.80. The van der Waals surface area contributed by atoms with E-state index in [9.17, 15) is 14.3 Å². The van der Waals surface area contributed by atoms with Crippen molar-refractivity contribution >= 4 is 6.09 Å². The molecule has 5 heteroatoms. The molecule has 16 heavy (non-hydrogen) atoms. The topological polar surface area (TPSA) is 49.8 Å². The van der Waals surface area contributed by atoms with E-state index in [1.165, 1.54) is 4.90 Å². The summed E-state index contributed by atoms with van der Waals surface area (Å²) in [6.45, 7) is 6.83. The second-order valence-electron chi connectivity index (χ2n) is 5.27. The third-order valence-corrected chi connectivity index (χ3v) is 2.48. The van der Waals surface area contributed by atoms with Crippen LogP contribution in [0, 0.1) is 0 Å². The lowest BCUT2D eigenvalue weighted by molar-refractivity contribution is 0.00771. The second kappa shape index (κ2) is 4.57. The van der Waals surface area contributed by atoms with Gasteiger partial charge in [-0.2, -0.15) is 0 Å². The Labute approximate surface area is 95.4 Å². The van der Waals surface area contributed by atoms with Crippen molar-refractivity contribution in [3.63, 3.8) is 0 Å². The lowest BCUT2D eigenvalue weighted by atomic mass is 10.1. The molecule has 0 aromatic rings. The second-order valence-corrected chi connectivity index (χ2v) is 5.27. The smallest absolute Gasteiger partial charge is 0.410 e. The summed E-state index contributed by atoms with van der Waals surface area (Å²) >= 11 is 0. The number of hydrogen-bond donors (Lipinski definition) is 1. The van der Waals surface area contributed by atoms with Crippen molar-refractivity contribution in [2.75, 3.05) is 6.54 Å². The molecule has 1 aliphatic heterocycles. The minimum absolute atomic E-state index is 0.00444. The number of nitrogens with zero attached hydrogens (tertiary/aromatic N) is 1. The van der Waals surface area contributed by atoms with E-state index in [2.05, 4.69) is 0 Å². The number of ether oxygens (including phenoxy) is 1. The minimum atomic E-state index is -1.08. The normalized spacial score (nSPS) is 28.0. The summed E-state index contributed by atoms with van der Waals surface area (Å²) in [6.07, 6.45) is -2.20. The summed E-state index contributed by atoms with van der Waals surface area (Å²) in [7, 11) is 0. The summed E-state index contributed by atoms with van der Waals surface area (Å²) in [5.41, 5.74) is -0.602. The highest BCUT2D eigenvalue weighted by Gasteiger charge is 2.39. The summed E-state index contributed by atoms with van der Waals surface area (Å²) in [4.78, 5) is 13.0. The Bertz CT molecular complexity index is 262. The molecule has 1 heterocycles. The van der Waals surface area contributed by atoms with Crippen molar-refractivity contribution in [1.82, 2.24) is 4.90 Å². The van der Waals surface area contributed by atoms with E-state index in [4.69, 9.17) is 4.74 Å². The quantitative estimate of drug-likeness (QED) is 0.750. The van der Waals surface area contributed by atoms with Crippen molar-refractivity contribution in [2.24, 2.45) is 0 Å². The summed E-state index contributed by atoms with van der Waals surface area (Å²) < 4.78 is 18.4. The lowest BCUT2D eigenvalue weighted by Crippen LogP contribution is -2.44. The van der Waals surface area contributed by atoms with Crippen molar-refractivity contribution in [3.05, 3.63) is 0 Å². The van der Waals surface area contributed by atoms with Gasteiger partial charge in [-0.05, 0) is 27.7 Å². The Balaban J connectivity index is 2.67. The van der Waals surface area contributed by atoms with Gasteiger partial charge >= 0.3 is 6.09 Å². The first-order chi connectivity index (χ1) is 7.20. The Morgan fingerprint density at radius 1 is 1.56 bits per heavy atom. The molecule has 0 bridgehead atoms. The van der Waals surface area contributed by atoms with Crippen LogP contribution in [0.15, 0.2) is 0 Å². The predicted molar refractivity (Wildman–Crippen MR) is 57.9 cm³/mol. The molecule has 1 amide bonds. The van der Waals surface area contributed by atoms with Gasteiger partial charge in [0, 0.05) is 6.42 Å². The fourth-order valence-corrected chi connectivity index (χ4v) is 1.80. The molecule has 1 N–H and O–H groups in total. The van der Waals surface area contributed by atoms with Gasteiger partial charge in [0.05, 0.1) is 18.7 Å². The van der Waals surface area contributed by atoms with Crippen molar-refractivity contribution in [3.8, 4) is 0 Å². The highest BCUT2D eigenvalue weighted by atomic mass is 19.1. The van der Waals surface area contributed by atoms with Crippen LogP contribution in [0.4, 0.5) is 9.18 Å². The van der Waals surface area contributed by atoms with Gasteiger partial charge in [-0.15, -0.1) is 0 Å². The zero-order valence-corrected chi connectivity index (χ0v) is 10.2. The van der Waals surface area contributed by atoms with Crippen molar-refractivity contribution in [2.45, 2.75) is 58.0 Å². The molecule has 0 aromatic heterocycles. The van der Waals surface area contributed by atoms with Crippen molar-refractivity contribution in [1.29, 1.82) is 0 Å². The number of carbonyl (C=O) groups is 1. The Kier molecular flexibility index (Phi) is 3.78. The van der Waals surface area contributed by atoms with Crippen LogP contribution in [0.3, 0.4) is 0 Å². The molecular weight excluding hydrogens is 213 g/mol. The van der Waals surface area contributed by atoms with Crippen LogP contribution in [-0.4, -0.2) is 46.6 Å². The molecule has 0 aliphatic carbocycles. The van der Waals surface area contributed by atoms with Crippen LogP contribution >= 0.6 is 0 Å². The largest absolute Gasteiger partial charge is 0.444 e. The first kappa shape index (κ1) is 13.2. The third kappa shape index (κ3) is 3.33. The average molecular weight is 233 g/mol. The molecule has 0 radical (unpaired) electrons. The Morgan fingerprint density at radius 3 is 2.56 bits per heavy atom. The van der Waals surface area contributed by atoms with Gasteiger partial charge < -0.3 is 9.84 Å². The SMILES string of the molecule is C[C@@H](O)[C@@H]1C[C@@H](F)CN1C(=O)OC(C)(C)C. The maximum atomic E-state index is 13.2. The summed E-state index contributed by atoms with van der Waals surface area (Å²) in [6, 6.07) is -0.482. The van der Waals surface area contributed by atoms with Gasteiger partial charge in [0.15, 0.2) is 0 Å². The maximum absolute atomic E-state index is 13.2. The monoisotopic (exact) mass is 233 g/mol. The number of hydrogen-bond acceptors (Lipinski definition) is 3. The number of rotatable bonds is 1. The summed E-state index contributed by atoms with van der Waals surface area (Å²) in [5.74, 6) is 0. The van der Waals surface area contributed by atoms with E-state index in [1.54, 1.807) is 27.7 Å². The zero-order valence-electron chi connectivity index (χ0n) is 10.2. The number of likely N-dealkylation sites (tertiary alicyclic amines) is 1. The molecule has 1 saturated heterocycles. The molecule has 1 aliphatic rings. The number of alkyl halides is 1. The summed E-state index contributed by atoms with van der Waals surface area (Å²) in [5, 5.41) is 9.47. The van der Waals surface area contributed by atoms with Gasteiger partial charge in [-0.25, -0.2) is 9.18 Å². The number of amides is 1. The molecule has 1 fully saturated rings. The van der Waals surface area contributed by atoms with E-state index in [-0.39, 0.29) is 13.0 Å². The van der Waals surface area contributed by atoms with Crippen molar-refractivity contribution < 1.29 is 19.0 Å². The Hall–Kier alpha value is -0.840. The first-order valence-electron chi connectivity index (χ1n) is 5.52. The molecule has 3 atom stereocenters. The van der Waals surface area contributed by atoms with Crippen LogP contribution in [0.25, 0.3) is 0 Å². The maximum Gasteiger partial charge on any atom is 0.410 e. The number of aliphatic hydroxyl groups excluding tert-OH is 1. The average Bonchev–Trinajstić information content (AvgIpc) is 2.44. The molecule has 0 spiro atoms. The standard InChI is InChI=1S/C11H20FNO3/c1-7(14)9-5-8(12)6-13(9)10(15)16-11(2,3)4/h7-9,14H,5-6H2,1-4H3/t7-,8-,9+/m1/s1. The van der Waals surface area contributed by atoms with Gasteiger partial charge in [-0.3, -0.25) is 4.90 Å². The van der Waals surface area contributed by atoms with E-state index < -0.39 is 30.0 Å². The van der Waals surface area contributed by atoms with E-state index in [0.717, 1.165) is 0 Å². The van der Waals surface area contributed by atoms with Crippen LogP contribution in [-0.2, 0) is 4.74 Å². The molecular formula is C11H20FNO3. The molecule has 0 saturated carbocycles. The highest BCUT2D eigenvalue weighted by molar-refractivity contribution is 5.69. The van der Waals surface area contributed by atoms with Gasteiger partial charge in [0.1, 0.15) is 11.8 Å². The molecule has 0 aromatic carbocycles. The lowest BCUT2D eigenvalue weighted by Gasteiger charge is -2.29. The zero-order chi connectivity index (χ0) is 12.5. The number of aliphatic hydroxyl groups is 1. The van der Waals surface area contributed by atoms with Crippen LogP contribution in [0.5, 0.6) is 0 Å². The van der Waals surface area contributed by atoms with Gasteiger partial charge in [-0.1, -0.05) is 0 Å². The predicted octanol–water partition coefficient (Wildman–Crippen LogP) is 1.71. The van der Waals surface area contributed by atoms with E-state index in [1.807, 2.05) is 0 Å². The van der Waals surface area contributed by atoms with E-state index in [0.29, 0.717) is 0 Å². The van der Waals surface area contributed by atoms with Gasteiger partial charge in [0.2, 0.25) is 0 Å². The third-order valence-electron chi connectivity index (χ3n) is 2.48. The highest BCUT2D eigenvalue weighted by Crippen LogP contribution is 2.25. The van der Waals surface area contributed by atoms with Crippen LogP contribution in [0.1, 0.15) is 34.1 Å². The number of carbonyl (C=O) groups excluding carboxylic acids is 1. The van der Waals surface area contributed by atoms with Crippen LogP contribution in [0.2, 0.25) is 0 Å². The minimum Gasteiger partial charge on any atom is -0.444 e. The van der Waals surface area contributed by atoms with E-state index >= 15 is 0 Å². The fraction of sp³-hybridized carbons (Fsp3) is 0.909. The molecule has 94 valence electrons. The first-order valence-corrected chi connectivity index (χ1v) is 5.52. The Morgan fingerprint density at radius 2 is 2.12 bits per heavy atom.